The van der Waals surface area contributed by atoms with Crippen molar-refractivity contribution < 1.29 is 25.8 Å². The molecule has 2 aliphatic carbocycles. The maximum absolute atomic E-state index is 12.7. The van der Waals surface area contributed by atoms with E-state index in [1.165, 1.54) is 11.1 Å². The van der Waals surface area contributed by atoms with E-state index >= 15 is 0 Å². The zero-order chi connectivity index (χ0) is 41.2. The van der Waals surface area contributed by atoms with E-state index in [4.69, 9.17) is 17.0 Å². The topological polar surface area (TPSA) is 58.2 Å². The van der Waals surface area contributed by atoms with Crippen LogP contribution in [0.15, 0.2) is 96.1 Å². The second kappa shape index (κ2) is 14.6. The van der Waals surface area contributed by atoms with Crippen LogP contribution in [0.5, 0.6) is 0 Å². The molecular weight excluding hydrogens is 809 g/mol. The third kappa shape index (κ3) is 7.15. The Bertz CT molecular complexity index is 2110. The molecule has 0 saturated carbocycles. The number of benzene rings is 4. The first-order valence-electron chi connectivity index (χ1n) is 19.8. The van der Waals surface area contributed by atoms with Crippen molar-refractivity contribution in [3.63, 3.8) is 0 Å². The molecule has 0 spiro atoms. The van der Waals surface area contributed by atoms with Gasteiger partial charge in [0.25, 0.3) is 0 Å². The Morgan fingerprint density at radius 3 is 1.16 bits per heavy atom. The van der Waals surface area contributed by atoms with Crippen LogP contribution in [0.25, 0.3) is 34.4 Å². The van der Waals surface area contributed by atoms with Gasteiger partial charge in [-0.05, 0) is 0 Å². The predicted octanol–water partition coefficient (Wildman–Crippen LogP) is 12.8. The number of nitrogens with one attached hydrogen (secondary N) is 2. The van der Waals surface area contributed by atoms with Crippen molar-refractivity contribution in [1.29, 1.82) is 0 Å². The van der Waals surface area contributed by atoms with Gasteiger partial charge in [0.15, 0.2) is 0 Å². The van der Waals surface area contributed by atoms with E-state index in [0.29, 0.717) is 12.8 Å². The number of allylic oxidation sites excluding steroid dienone is 2. The zero-order valence-electron chi connectivity index (χ0n) is 35.2. The first-order valence-corrected chi connectivity index (χ1v) is 30.4. The summed E-state index contributed by atoms with van der Waals surface area (Å²) in [6, 6.07) is 30.2. The van der Waals surface area contributed by atoms with Crippen LogP contribution in [0, 0.1) is 10.8 Å². The van der Waals surface area contributed by atoms with Gasteiger partial charge in [-0.15, -0.1) is 0 Å². The van der Waals surface area contributed by atoms with Crippen LogP contribution in [0.2, 0.25) is 0 Å². The average molecular weight is 868 g/mol. The molecule has 56 heavy (non-hydrogen) atoms. The fraction of sp³-hybridized carbons (Fsp3) is 0.375. The van der Waals surface area contributed by atoms with E-state index < -0.39 is 27.9 Å². The number of hydrogen-bond donors (Lipinski definition) is 2. The summed E-state index contributed by atoms with van der Waals surface area (Å²) in [5, 5.41) is 6.05. The van der Waals surface area contributed by atoms with Crippen molar-refractivity contribution in [1.82, 2.24) is 10.5 Å². The number of amides is 2. The van der Waals surface area contributed by atoms with Gasteiger partial charge in [0.2, 0.25) is 0 Å². The fourth-order valence-corrected chi connectivity index (χ4v) is 30.5. The molecular formula is C48H58BCl2N2O2Zr. The Labute approximate surface area is 344 Å². The SMILES string of the molecule is CC(C)(C)C1=Cc2c(-c3ccccc3C(C)(C)C)cccc2[CH]1[Zr]([Cl])([Cl])([B](NC=O)NC=O)[CH]1C(C(C)(C)C)=Cc2c(-c3ccccc3C(C)(C)C)cccc21. The van der Waals surface area contributed by atoms with Crippen molar-refractivity contribution in [2.24, 2.45) is 10.8 Å². The Morgan fingerprint density at radius 1 is 0.500 bits per heavy atom. The number of rotatable bonds is 9. The van der Waals surface area contributed by atoms with Crippen LogP contribution in [0.3, 0.4) is 0 Å². The molecule has 2 amide bonds. The third-order valence-electron chi connectivity index (χ3n) is 12.0. The van der Waals surface area contributed by atoms with Gasteiger partial charge in [-0.25, -0.2) is 0 Å². The monoisotopic (exact) mass is 865 g/mol. The summed E-state index contributed by atoms with van der Waals surface area (Å²) < 4.78 is -1.96. The first kappa shape index (κ1) is 42.4. The van der Waals surface area contributed by atoms with E-state index in [0.717, 1.165) is 55.7 Å². The van der Waals surface area contributed by atoms with Crippen LogP contribution < -0.4 is 10.5 Å². The molecule has 2 atom stereocenters. The number of hydrogen-bond acceptors (Lipinski definition) is 2. The van der Waals surface area contributed by atoms with E-state index in [-0.39, 0.29) is 21.7 Å². The minimum atomic E-state index is -6.07. The van der Waals surface area contributed by atoms with E-state index in [1.54, 1.807) is 0 Å². The van der Waals surface area contributed by atoms with Gasteiger partial charge < -0.3 is 0 Å². The van der Waals surface area contributed by atoms with Crippen LogP contribution >= 0.6 is 17.0 Å². The molecule has 0 heterocycles. The summed E-state index contributed by atoms with van der Waals surface area (Å²) in [5.74, 6) is 0. The minimum absolute atomic E-state index is 0.104. The Kier molecular flexibility index (Phi) is 11.0. The van der Waals surface area contributed by atoms with E-state index in [1.807, 2.05) is 0 Å². The van der Waals surface area contributed by atoms with E-state index in [2.05, 4.69) is 191 Å². The molecule has 4 aromatic carbocycles. The molecule has 0 aromatic heterocycles. The van der Waals surface area contributed by atoms with Crippen molar-refractivity contribution in [3.05, 3.63) is 129 Å². The summed E-state index contributed by atoms with van der Waals surface area (Å²) in [6.07, 6.45) is 5.91. The zero-order valence-corrected chi connectivity index (χ0v) is 39.2. The van der Waals surface area contributed by atoms with Crippen molar-refractivity contribution >= 4 is 46.5 Å². The molecule has 2 unspecified atom stereocenters. The average Bonchev–Trinajstić information content (AvgIpc) is 3.73. The Balaban J connectivity index is 1.75. The molecule has 6 rings (SSSR count). The van der Waals surface area contributed by atoms with Gasteiger partial charge in [-0.3, -0.25) is 0 Å². The molecule has 2 N–H and O–H groups in total. The van der Waals surface area contributed by atoms with Gasteiger partial charge in [0.05, 0.1) is 0 Å². The van der Waals surface area contributed by atoms with Gasteiger partial charge in [-0.2, -0.15) is 0 Å². The second-order valence-electron chi connectivity index (χ2n) is 20.0. The van der Waals surface area contributed by atoms with Crippen molar-refractivity contribution in [2.75, 3.05) is 0 Å². The molecule has 2 aliphatic rings. The van der Waals surface area contributed by atoms with Crippen molar-refractivity contribution in [2.45, 2.75) is 101 Å². The maximum atomic E-state index is 12.7. The molecule has 4 nitrogen and oxygen atoms in total. The molecule has 0 aliphatic heterocycles. The van der Waals surface area contributed by atoms with E-state index in [9.17, 15) is 9.59 Å². The summed E-state index contributed by atoms with van der Waals surface area (Å²) in [5.41, 5.74) is 12.5. The van der Waals surface area contributed by atoms with Gasteiger partial charge >= 0.3 is 346 Å². The second-order valence-corrected chi connectivity index (χ2v) is 41.4. The summed E-state index contributed by atoms with van der Waals surface area (Å²) in [6.45, 7) is 26.7. The van der Waals surface area contributed by atoms with Crippen LogP contribution in [0.4, 0.5) is 0 Å². The number of carbonyl (C=O) groups is 2. The number of fused-ring (bicyclic) bond motifs is 2. The van der Waals surface area contributed by atoms with Gasteiger partial charge in [0.1, 0.15) is 0 Å². The van der Waals surface area contributed by atoms with Crippen LogP contribution in [-0.4, -0.2) is 17.3 Å². The summed E-state index contributed by atoms with van der Waals surface area (Å²) >= 11 is -6.07. The molecule has 0 fully saturated rings. The van der Waals surface area contributed by atoms with Crippen LogP contribution in [0.1, 0.15) is 124 Å². The molecule has 0 radical (unpaired) electrons. The predicted molar refractivity (Wildman–Crippen MR) is 237 cm³/mol. The molecule has 293 valence electrons. The van der Waals surface area contributed by atoms with Crippen LogP contribution in [-0.2, 0) is 36.6 Å². The normalized spacial score (nSPS) is 17.9. The van der Waals surface area contributed by atoms with Gasteiger partial charge in [-0.1, -0.05) is 0 Å². The quantitative estimate of drug-likeness (QED) is 0.130. The molecule has 0 saturated heterocycles. The van der Waals surface area contributed by atoms with Gasteiger partial charge in [0, 0.05) is 0 Å². The number of carbonyl (C=O) groups excluding carboxylic acids is 2. The standard InChI is InChI=1S/2C23H27.C2H3BN2O2.2ClH.Zr/c2*1-22(2,3)17-14-16-10-9-12-18(20(16)15-17)19-11-7-8-13-21(19)23(4,5)6;6-1-4-3-5-2-7;;;/h2*7-15H,1-6H3;1-2H,(H-,4,5,6,7);2*1H;/q;;;;;+1/p-1. The Morgan fingerprint density at radius 2 is 0.839 bits per heavy atom. The molecule has 8 heteroatoms. The summed E-state index contributed by atoms with van der Waals surface area (Å²) in [4.78, 5) is 25.4. The first-order chi connectivity index (χ1) is 26.0. The Hall–Kier alpha value is -3.17. The molecule has 4 aromatic rings. The van der Waals surface area contributed by atoms with Crippen molar-refractivity contribution in [3.8, 4) is 22.3 Å². The number of halogens is 2. The molecule has 0 bridgehead atoms. The third-order valence-corrected chi connectivity index (χ3v) is 31.8. The fourth-order valence-electron chi connectivity index (χ4n) is 9.51. The summed E-state index contributed by atoms with van der Waals surface area (Å²) in [7, 11) is 17.7.